The van der Waals surface area contributed by atoms with E-state index in [-0.39, 0.29) is 0 Å². The molecule has 1 saturated heterocycles. The zero-order chi connectivity index (χ0) is 18.5. The lowest BCUT2D eigenvalue weighted by Gasteiger charge is -2.32. The standard InChI is InChI=1S/C22H25N5/c1-17-7-6-12-27(16-17)21-13-20(19-9-3-2-4-10-19)25-22(26-21)24-15-18-8-5-11-23-14-18/h2-5,8-11,13-14,17H,6-7,12,15-16H2,1H3,(H,24,25,26). The summed E-state index contributed by atoms with van der Waals surface area (Å²) in [6, 6.07) is 16.4. The summed E-state index contributed by atoms with van der Waals surface area (Å²) in [7, 11) is 0. The van der Waals surface area contributed by atoms with Crippen LogP contribution < -0.4 is 10.2 Å². The second-order valence-corrected chi connectivity index (χ2v) is 7.21. The maximum Gasteiger partial charge on any atom is 0.225 e. The van der Waals surface area contributed by atoms with E-state index in [0.29, 0.717) is 18.4 Å². The van der Waals surface area contributed by atoms with Crippen molar-refractivity contribution in [1.29, 1.82) is 0 Å². The molecule has 1 aliphatic rings. The molecule has 3 aromatic rings. The Hall–Kier alpha value is -2.95. The highest BCUT2D eigenvalue weighted by Gasteiger charge is 2.19. The molecule has 0 saturated carbocycles. The van der Waals surface area contributed by atoms with Crippen LogP contribution in [0.2, 0.25) is 0 Å². The van der Waals surface area contributed by atoms with E-state index in [0.717, 1.165) is 35.7 Å². The summed E-state index contributed by atoms with van der Waals surface area (Å²) >= 11 is 0. The summed E-state index contributed by atoms with van der Waals surface area (Å²) in [5.41, 5.74) is 3.17. The first-order valence-corrected chi connectivity index (χ1v) is 9.60. The average molecular weight is 359 g/mol. The number of pyridine rings is 1. The lowest BCUT2D eigenvalue weighted by atomic mass is 10.0. The fourth-order valence-electron chi connectivity index (χ4n) is 3.51. The number of benzene rings is 1. The van der Waals surface area contributed by atoms with E-state index in [9.17, 15) is 0 Å². The second-order valence-electron chi connectivity index (χ2n) is 7.21. The molecule has 1 aliphatic heterocycles. The number of hydrogen-bond donors (Lipinski definition) is 1. The summed E-state index contributed by atoms with van der Waals surface area (Å²) in [5, 5.41) is 3.37. The van der Waals surface area contributed by atoms with Crippen LogP contribution in [0.15, 0.2) is 60.9 Å². The SMILES string of the molecule is CC1CCCN(c2cc(-c3ccccc3)nc(NCc3cccnc3)n2)C1. The van der Waals surface area contributed by atoms with Gasteiger partial charge in [-0.2, -0.15) is 4.98 Å². The first kappa shape index (κ1) is 17.5. The number of aromatic nitrogens is 3. The molecule has 0 bridgehead atoms. The Bertz CT molecular complexity index is 866. The molecule has 0 amide bonds. The van der Waals surface area contributed by atoms with Crippen LogP contribution in [0, 0.1) is 5.92 Å². The van der Waals surface area contributed by atoms with Gasteiger partial charge >= 0.3 is 0 Å². The van der Waals surface area contributed by atoms with Crippen molar-refractivity contribution < 1.29 is 0 Å². The number of nitrogens with zero attached hydrogens (tertiary/aromatic N) is 4. The van der Waals surface area contributed by atoms with Gasteiger partial charge in [0.25, 0.3) is 0 Å². The van der Waals surface area contributed by atoms with Gasteiger partial charge in [0.2, 0.25) is 5.95 Å². The van der Waals surface area contributed by atoms with Gasteiger partial charge in [0, 0.05) is 43.7 Å². The highest BCUT2D eigenvalue weighted by atomic mass is 15.2. The van der Waals surface area contributed by atoms with Crippen LogP contribution in [0.4, 0.5) is 11.8 Å². The Balaban J connectivity index is 1.63. The molecule has 27 heavy (non-hydrogen) atoms. The highest BCUT2D eigenvalue weighted by molar-refractivity contribution is 5.64. The molecule has 1 aromatic carbocycles. The van der Waals surface area contributed by atoms with Crippen LogP contribution in [0.25, 0.3) is 11.3 Å². The molecule has 1 atom stereocenters. The van der Waals surface area contributed by atoms with Crippen LogP contribution in [-0.4, -0.2) is 28.0 Å². The first-order chi connectivity index (χ1) is 13.3. The first-order valence-electron chi connectivity index (χ1n) is 9.60. The zero-order valence-electron chi connectivity index (χ0n) is 15.7. The molecule has 1 unspecified atom stereocenters. The van der Waals surface area contributed by atoms with Crippen molar-refractivity contribution in [2.45, 2.75) is 26.3 Å². The molecule has 138 valence electrons. The summed E-state index contributed by atoms with van der Waals surface area (Å²) < 4.78 is 0. The minimum atomic E-state index is 0.655. The van der Waals surface area contributed by atoms with Gasteiger partial charge in [-0.3, -0.25) is 4.98 Å². The summed E-state index contributed by atoms with van der Waals surface area (Å²) in [5.74, 6) is 2.36. The van der Waals surface area contributed by atoms with Gasteiger partial charge in [-0.05, 0) is 30.4 Å². The Morgan fingerprint density at radius 1 is 1.11 bits per heavy atom. The van der Waals surface area contributed by atoms with Crippen LogP contribution in [-0.2, 0) is 6.54 Å². The predicted molar refractivity (Wildman–Crippen MR) is 110 cm³/mol. The van der Waals surface area contributed by atoms with Crippen LogP contribution in [0.1, 0.15) is 25.3 Å². The van der Waals surface area contributed by atoms with E-state index < -0.39 is 0 Å². The minimum Gasteiger partial charge on any atom is -0.356 e. The largest absolute Gasteiger partial charge is 0.356 e. The van der Waals surface area contributed by atoms with Gasteiger partial charge in [0.1, 0.15) is 5.82 Å². The second kappa shape index (κ2) is 8.16. The fourth-order valence-corrected chi connectivity index (χ4v) is 3.51. The smallest absolute Gasteiger partial charge is 0.225 e. The lowest BCUT2D eigenvalue weighted by molar-refractivity contribution is 0.444. The van der Waals surface area contributed by atoms with Crippen molar-refractivity contribution in [3.05, 3.63) is 66.5 Å². The number of rotatable bonds is 5. The van der Waals surface area contributed by atoms with Crippen molar-refractivity contribution in [1.82, 2.24) is 15.0 Å². The molecule has 4 rings (SSSR count). The maximum absolute atomic E-state index is 4.82. The van der Waals surface area contributed by atoms with Crippen molar-refractivity contribution in [2.75, 3.05) is 23.3 Å². The third kappa shape index (κ3) is 4.42. The third-order valence-corrected chi connectivity index (χ3v) is 4.94. The molecular formula is C22H25N5. The molecular weight excluding hydrogens is 334 g/mol. The molecule has 5 nitrogen and oxygen atoms in total. The normalized spacial score (nSPS) is 16.9. The average Bonchev–Trinajstić information content (AvgIpc) is 2.73. The van der Waals surface area contributed by atoms with Crippen molar-refractivity contribution in [2.24, 2.45) is 5.92 Å². The van der Waals surface area contributed by atoms with Gasteiger partial charge in [-0.1, -0.05) is 43.3 Å². The molecule has 0 radical (unpaired) electrons. The van der Waals surface area contributed by atoms with E-state index in [4.69, 9.17) is 9.97 Å². The van der Waals surface area contributed by atoms with E-state index in [1.807, 2.05) is 36.5 Å². The molecule has 1 N–H and O–H groups in total. The Kier molecular flexibility index (Phi) is 5.28. The quantitative estimate of drug-likeness (QED) is 0.732. The van der Waals surface area contributed by atoms with Crippen molar-refractivity contribution in [3.8, 4) is 11.3 Å². The Labute approximate surface area is 160 Å². The van der Waals surface area contributed by atoms with E-state index in [1.54, 1.807) is 6.20 Å². The number of piperidine rings is 1. The Morgan fingerprint density at radius 3 is 2.78 bits per heavy atom. The number of hydrogen-bond acceptors (Lipinski definition) is 5. The van der Waals surface area contributed by atoms with E-state index in [2.05, 4.69) is 40.3 Å². The van der Waals surface area contributed by atoms with Crippen LogP contribution in [0.5, 0.6) is 0 Å². The lowest BCUT2D eigenvalue weighted by Crippen LogP contribution is -2.35. The van der Waals surface area contributed by atoms with Gasteiger partial charge in [0.15, 0.2) is 0 Å². The Morgan fingerprint density at radius 2 is 2.00 bits per heavy atom. The number of nitrogens with one attached hydrogen (secondary N) is 1. The predicted octanol–water partition coefficient (Wildman–Crippen LogP) is 4.39. The molecule has 0 aliphatic carbocycles. The van der Waals surface area contributed by atoms with E-state index in [1.165, 1.54) is 12.8 Å². The minimum absolute atomic E-state index is 0.655. The fraction of sp³-hybridized carbons (Fsp3) is 0.318. The summed E-state index contributed by atoms with van der Waals surface area (Å²) in [6.45, 7) is 5.07. The zero-order valence-corrected chi connectivity index (χ0v) is 15.7. The molecule has 3 heterocycles. The summed E-state index contributed by atoms with van der Waals surface area (Å²) in [6.07, 6.45) is 6.15. The molecule has 1 fully saturated rings. The van der Waals surface area contributed by atoms with Gasteiger partial charge in [0.05, 0.1) is 5.69 Å². The van der Waals surface area contributed by atoms with Crippen molar-refractivity contribution in [3.63, 3.8) is 0 Å². The molecule has 2 aromatic heterocycles. The molecule has 5 heteroatoms. The third-order valence-electron chi connectivity index (χ3n) is 4.94. The van der Waals surface area contributed by atoms with Gasteiger partial charge < -0.3 is 10.2 Å². The van der Waals surface area contributed by atoms with Gasteiger partial charge in [-0.15, -0.1) is 0 Å². The van der Waals surface area contributed by atoms with Crippen LogP contribution >= 0.6 is 0 Å². The van der Waals surface area contributed by atoms with E-state index >= 15 is 0 Å². The number of anilines is 2. The van der Waals surface area contributed by atoms with Gasteiger partial charge in [-0.25, -0.2) is 4.98 Å². The van der Waals surface area contributed by atoms with Crippen molar-refractivity contribution >= 4 is 11.8 Å². The molecule has 0 spiro atoms. The topological polar surface area (TPSA) is 53.9 Å². The monoisotopic (exact) mass is 359 g/mol. The maximum atomic E-state index is 4.82. The highest BCUT2D eigenvalue weighted by Crippen LogP contribution is 2.27. The van der Waals surface area contributed by atoms with Crippen LogP contribution in [0.3, 0.4) is 0 Å². The summed E-state index contributed by atoms with van der Waals surface area (Å²) in [4.78, 5) is 16.1.